The maximum absolute atomic E-state index is 11.0. The van der Waals surface area contributed by atoms with Crippen LogP contribution >= 0.6 is 0 Å². The van der Waals surface area contributed by atoms with Crippen molar-refractivity contribution < 1.29 is 14.3 Å². The lowest BCUT2D eigenvalue weighted by molar-refractivity contribution is 0.0384. The third kappa shape index (κ3) is 13.7. The van der Waals surface area contributed by atoms with Gasteiger partial charge in [0.15, 0.2) is 0 Å². The molecule has 4 saturated heterocycles. The van der Waals surface area contributed by atoms with Gasteiger partial charge >= 0.3 is 0 Å². The molecule has 9 heteroatoms. The van der Waals surface area contributed by atoms with Gasteiger partial charge in [0.05, 0.1) is 26.4 Å². The van der Waals surface area contributed by atoms with E-state index in [2.05, 4.69) is 111 Å². The lowest BCUT2D eigenvalue weighted by Crippen LogP contribution is -2.46. The number of hydrogen-bond acceptors (Lipinski definition) is 9. The van der Waals surface area contributed by atoms with Gasteiger partial charge in [-0.25, -0.2) is 0 Å². The molecule has 0 radical (unpaired) electrons. The molecule has 0 amide bonds. The molecule has 8 aliphatic rings. The number of aldehydes is 1. The van der Waals surface area contributed by atoms with Crippen LogP contribution < -0.4 is 11.1 Å². The molecular formula is C56H78N6O3. The van der Waals surface area contributed by atoms with Crippen LogP contribution in [0.1, 0.15) is 86.1 Å². The molecular weight excluding hydrogens is 805 g/mol. The molecule has 12 rings (SSSR count). The summed E-state index contributed by atoms with van der Waals surface area (Å²) in [7, 11) is 0. The minimum Gasteiger partial charge on any atom is -0.379 e. The first-order valence-electron chi connectivity index (χ1n) is 25.2. The van der Waals surface area contributed by atoms with E-state index in [0.29, 0.717) is 12.1 Å². The molecule has 0 aromatic heterocycles. The zero-order chi connectivity index (χ0) is 44.8. The summed E-state index contributed by atoms with van der Waals surface area (Å²) in [5.74, 6) is 1.58. The second-order valence-electron chi connectivity index (χ2n) is 19.9. The average Bonchev–Trinajstić information content (AvgIpc) is 3.30. The number of morpholine rings is 2. The van der Waals surface area contributed by atoms with E-state index in [-0.39, 0.29) is 0 Å². The number of fused-ring (bicyclic) bond motifs is 4. The van der Waals surface area contributed by atoms with Gasteiger partial charge < -0.3 is 20.5 Å². The Morgan fingerprint density at radius 3 is 1.60 bits per heavy atom. The number of carbonyl (C=O) groups is 1. The highest BCUT2D eigenvalue weighted by molar-refractivity contribution is 5.77. The quantitative estimate of drug-likeness (QED) is 0.113. The van der Waals surface area contributed by atoms with Gasteiger partial charge in [-0.15, -0.1) is 0 Å². The topological polar surface area (TPSA) is 86.5 Å². The number of hydrogen-bond donors (Lipinski definition) is 2. The normalized spacial score (nSPS) is 23.6. The second kappa shape index (κ2) is 24.3. The van der Waals surface area contributed by atoms with E-state index in [4.69, 9.17) is 15.2 Å². The standard InChI is InChI=1S/C28H39N3O.C22H25NO.C6H14N2O/c1-22-16-23(6-8-27(22)19-29-10-11-30-12-14-32-15-13-30)20-31-21-24-7-9-28(31)18-26-5-3-2-4-25(26)17-24;1-16-10-17(6-8-21(16)15-24)13-23-14-18-7-9-22(23)12-20-5-3-2-4-19(20)11-18;7-1-2-8-3-5-9-6-4-8/h2-6,8,16,24,28-29H,7,9-15,17-21H2,1H3;2-6,8,10,15,18,22H,7,9,11-14H2,1H3;1-7H2. The Balaban J connectivity index is 0.000000153. The van der Waals surface area contributed by atoms with Crippen LogP contribution in [0.2, 0.25) is 0 Å². The largest absolute Gasteiger partial charge is 0.379 e. The first kappa shape index (κ1) is 47.7. The number of benzene rings is 4. The second-order valence-corrected chi connectivity index (χ2v) is 19.9. The van der Waals surface area contributed by atoms with Gasteiger partial charge in [0.1, 0.15) is 6.29 Å². The summed E-state index contributed by atoms with van der Waals surface area (Å²) in [5, 5.41) is 3.64. The molecule has 4 aromatic carbocycles. The molecule has 6 heterocycles. The van der Waals surface area contributed by atoms with Gasteiger partial charge in [-0.3, -0.25) is 24.4 Å². The van der Waals surface area contributed by atoms with Crippen molar-refractivity contribution in [3.8, 4) is 0 Å². The Hall–Kier alpha value is -3.77. The summed E-state index contributed by atoms with van der Waals surface area (Å²) in [6.45, 7) is 21.5. The molecule has 0 spiro atoms. The van der Waals surface area contributed by atoms with E-state index in [9.17, 15) is 4.79 Å². The molecule has 4 atom stereocenters. The minimum atomic E-state index is 0.647. The molecule has 4 unspecified atom stereocenters. The van der Waals surface area contributed by atoms with Crippen LogP contribution in [-0.2, 0) is 54.8 Å². The number of ether oxygens (including phenoxy) is 2. The van der Waals surface area contributed by atoms with Crippen molar-refractivity contribution in [3.05, 3.63) is 141 Å². The van der Waals surface area contributed by atoms with Crippen LogP contribution in [0.3, 0.4) is 0 Å². The molecule has 4 aromatic rings. The van der Waals surface area contributed by atoms with E-state index in [0.717, 1.165) is 128 Å². The van der Waals surface area contributed by atoms with Crippen molar-refractivity contribution in [2.45, 2.75) is 96.9 Å². The fraction of sp³-hybridized carbons (Fsp3) is 0.554. The highest BCUT2D eigenvalue weighted by Gasteiger charge is 2.33. The van der Waals surface area contributed by atoms with Crippen LogP contribution in [0.15, 0.2) is 84.9 Å². The Morgan fingerprint density at radius 1 is 0.615 bits per heavy atom. The molecule has 65 heavy (non-hydrogen) atoms. The van der Waals surface area contributed by atoms with Crippen molar-refractivity contribution >= 4 is 6.29 Å². The lowest BCUT2D eigenvalue weighted by atomic mass is 9.80. The zero-order valence-corrected chi connectivity index (χ0v) is 39.7. The number of nitrogens with zero attached hydrogens (tertiary/aromatic N) is 4. The summed E-state index contributed by atoms with van der Waals surface area (Å²) >= 11 is 0. The maximum atomic E-state index is 11.0. The number of aryl methyl sites for hydroxylation is 2. The third-order valence-corrected chi connectivity index (χ3v) is 15.2. The third-order valence-electron chi connectivity index (χ3n) is 15.2. The van der Waals surface area contributed by atoms with Gasteiger partial charge in [-0.05, 0) is 127 Å². The van der Waals surface area contributed by atoms with Crippen LogP contribution in [0.5, 0.6) is 0 Å². The fourth-order valence-corrected chi connectivity index (χ4v) is 11.4. The molecule has 350 valence electrons. The molecule has 4 bridgehead atoms. The monoisotopic (exact) mass is 883 g/mol. The fourth-order valence-electron chi connectivity index (χ4n) is 11.4. The zero-order valence-electron chi connectivity index (χ0n) is 39.7. The molecule has 9 nitrogen and oxygen atoms in total. The summed E-state index contributed by atoms with van der Waals surface area (Å²) in [6, 6.07) is 32.9. The predicted octanol–water partition coefficient (Wildman–Crippen LogP) is 7.26. The van der Waals surface area contributed by atoms with E-state index in [1.165, 1.54) is 86.7 Å². The highest BCUT2D eigenvalue weighted by Crippen LogP contribution is 2.35. The predicted molar refractivity (Wildman–Crippen MR) is 265 cm³/mol. The van der Waals surface area contributed by atoms with E-state index >= 15 is 0 Å². The minimum absolute atomic E-state index is 0.647. The number of carbonyl (C=O) groups excluding carboxylic acids is 1. The van der Waals surface area contributed by atoms with Crippen LogP contribution in [0.4, 0.5) is 0 Å². The molecule has 3 N–H and O–H groups in total. The van der Waals surface area contributed by atoms with Gasteiger partial charge in [-0.2, -0.15) is 0 Å². The van der Waals surface area contributed by atoms with Crippen LogP contribution in [0.25, 0.3) is 0 Å². The van der Waals surface area contributed by atoms with E-state index < -0.39 is 0 Å². The Bertz CT molecular complexity index is 2100. The van der Waals surface area contributed by atoms with Crippen molar-refractivity contribution in [3.63, 3.8) is 0 Å². The van der Waals surface area contributed by atoms with Gasteiger partial charge in [0, 0.05) is 103 Å². The van der Waals surface area contributed by atoms with E-state index in [1.807, 2.05) is 13.0 Å². The SMILES string of the molecule is Cc1cc(CN2CC3CCC2Cc2ccccc2C3)ccc1C=O.Cc1cc(CN2CC3CCC2Cc2ccccc2C3)ccc1CNCCN1CCOCC1.NCCN1CCOCC1. The van der Waals surface area contributed by atoms with Gasteiger partial charge in [0.2, 0.25) is 0 Å². The summed E-state index contributed by atoms with van der Waals surface area (Å²) in [6.07, 6.45) is 11.2. The lowest BCUT2D eigenvalue weighted by Gasteiger charge is -2.42. The Labute approximate surface area is 391 Å². The maximum Gasteiger partial charge on any atom is 0.150 e. The average molecular weight is 883 g/mol. The van der Waals surface area contributed by atoms with Gasteiger partial charge in [0.25, 0.3) is 0 Å². The van der Waals surface area contributed by atoms with Gasteiger partial charge in [-0.1, -0.05) is 84.9 Å². The first-order valence-corrected chi connectivity index (χ1v) is 25.2. The van der Waals surface area contributed by atoms with Crippen LogP contribution in [0, 0.1) is 25.7 Å². The summed E-state index contributed by atoms with van der Waals surface area (Å²) < 4.78 is 10.6. The van der Waals surface area contributed by atoms with E-state index in [1.54, 1.807) is 22.3 Å². The Morgan fingerprint density at radius 2 is 1.11 bits per heavy atom. The Kier molecular flexibility index (Phi) is 17.8. The number of nitrogens with one attached hydrogen (secondary N) is 1. The van der Waals surface area contributed by atoms with Crippen LogP contribution in [-0.4, -0.2) is 130 Å². The number of nitrogens with two attached hydrogens (primary N) is 1. The number of piperidine rings is 2. The van der Waals surface area contributed by atoms with Crippen molar-refractivity contribution in [2.24, 2.45) is 17.6 Å². The van der Waals surface area contributed by atoms with Crippen molar-refractivity contribution in [1.29, 1.82) is 0 Å². The number of rotatable bonds is 12. The first-order chi connectivity index (χ1) is 31.9. The van der Waals surface area contributed by atoms with Crippen molar-refractivity contribution in [2.75, 3.05) is 91.9 Å². The smallest absolute Gasteiger partial charge is 0.150 e. The summed E-state index contributed by atoms with van der Waals surface area (Å²) in [4.78, 5) is 21.3. The highest BCUT2D eigenvalue weighted by atomic mass is 16.5. The molecule has 6 aliphatic heterocycles. The molecule has 2 aliphatic carbocycles. The van der Waals surface area contributed by atoms with Crippen molar-refractivity contribution in [1.82, 2.24) is 24.9 Å². The summed E-state index contributed by atoms with van der Waals surface area (Å²) in [5.41, 5.74) is 19.2. The molecule has 0 saturated carbocycles. The molecule has 4 fully saturated rings.